The third kappa shape index (κ3) is 18.2. The number of hydrogen-bond acceptors (Lipinski definition) is 3. The molecule has 0 bridgehead atoms. The maximum Gasteiger partial charge on any atom is 0.305 e. The largest absolute Gasteiger partial charge is 0.466 e. The van der Waals surface area contributed by atoms with Gasteiger partial charge in [0.1, 0.15) is 0 Å². The molecule has 0 heterocycles. The molecule has 26 heavy (non-hydrogen) atoms. The third-order valence-corrected chi connectivity index (χ3v) is 5.26. The molecule has 0 aromatic rings. The van der Waals surface area contributed by atoms with Gasteiger partial charge in [-0.3, -0.25) is 4.79 Å². The Morgan fingerprint density at radius 3 is 1.58 bits per heavy atom. The molecule has 0 N–H and O–H groups in total. The number of carbonyl (C=O) groups is 1. The molecule has 0 aromatic carbocycles. The lowest BCUT2D eigenvalue weighted by atomic mass is 10.0. The van der Waals surface area contributed by atoms with Crippen molar-refractivity contribution in [3.05, 3.63) is 0 Å². The molecule has 0 amide bonds. The van der Waals surface area contributed by atoms with Gasteiger partial charge in [0.25, 0.3) is 0 Å². The van der Waals surface area contributed by atoms with E-state index >= 15 is 0 Å². The Kier molecular flexibility index (Phi) is 20.3. The van der Waals surface area contributed by atoms with Crippen LogP contribution in [-0.2, 0) is 9.53 Å². The van der Waals surface area contributed by atoms with Gasteiger partial charge >= 0.3 is 5.97 Å². The highest BCUT2D eigenvalue weighted by molar-refractivity contribution is 5.69. The maximum atomic E-state index is 11.7. The van der Waals surface area contributed by atoms with Crippen LogP contribution in [0, 0.1) is 0 Å². The fourth-order valence-electron chi connectivity index (χ4n) is 3.37. The van der Waals surface area contributed by atoms with Crippen LogP contribution in [0.2, 0.25) is 0 Å². The van der Waals surface area contributed by atoms with Crippen molar-refractivity contribution in [3.8, 4) is 0 Å². The fraction of sp³-hybridized carbons (Fsp3) is 0.957. The van der Waals surface area contributed by atoms with Gasteiger partial charge in [0.05, 0.1) is 6.61 Å². The molecule has 3 heteroatoms. The molecule has 3 nitrogen and oxygen atoms in total. The lowest BCUT2D eigenvalue weighted by Gasteiger charge is -2.17. The smallest absolute Gasteiger partial charge is 0.305 e. The second-order valence-electron chi connectivity index (χ2n) is 7.59. The van der Waals surface area contributed by atoms with E-state index in [0.29, 0.717) is 13.0 Å². The number of nitrogens with zero attached hydrogens (tertiary/aromatic N) is 1. The first-order chi connectivity index (χ1) is 12.7. The lowest BCUT2D eigenvalue weighted by Crippen LogP contribution is -2.25. The molecule has 0 atom stereocenters. The molecular formula is C23H47NO2. The fourth-order valence-corrected chi connectivity index (χ4v) is 3.37. The number of rotatable bonds is 20. The van der Waals surface area contributed by atoms with Crippen LogP contribution in [0.1, 0.15) is 117 Å². The molecule has 0 aliphatic rings. The van der Waals surface area contributed by atoms with E-state index < -0.39 is 0 Å². The van der Waals surface area contributed by atoms with E-state index in [0.717, 1.165) is 32.5 Å². The van der Waals surface area contributed by atoms with Crippen LogP contribution in [0.25, 0.3) is 0 Å². The summed E-state index contributed by atoms with van der Waals surface area (Å²) >= 11 is 0. The second kappa shape index (κ2) is 20.7. The van der Waals surface area contributed by atoms with Crippen LogP contribution in [0.5, 0.6) is 0 Å². The van der Waals surface area contributed by atoms with Crippen LogP contribution in [0.3, 0.4) is 0 Å². The summed E-state index contributed by atoms with van der Waals surface area (Å²) in [5.41, 5.74) is 0. The maximum absolute atomic E-state index is 11.7. The zero-order valence-electron chi connectivity index (χ0n) is 18.2. The monoisotopic (exact) mass is 369 g/mol. The topological polar surface area (TPSA) is 29.5 Å². The highest BCUT2D eigenvalue weighted by Gasteiger charge is 2.04. The normalized spacial score (nSPS) is 11.2. The van der Waals surface area contributed by atoms with Gasteiger partial charge in [-0.2, -0.15) is 0 Å². The number of esters is 1. The minimum absolute atomic E-state index is 0.00683. The molecule has 0 unspecified atom stereocenters. The SMILES string of the molecule is CCCCCCCCCCCCCCCC(=O)OCCCN(CC)CC. The molecule has 156 valence electrons. The predicted molar refractivity (Wildman–Crippen MR) is 114 cm³/mol. The predicted octanol–water partition coefficient (Wildman–Crippen LogP) is 6.74. The van der Waals surface area contributed by atoms with Gasteiger partial charge in [0, 0.05) is 13.0 Å². The number of unbranched alkanes of at least 4 members (excludes halogenated alkanes) is 12. The highest BCUT2D eigenvalue weighted by Crippen LogP contribution is 2.13. The van der Waals surface area contributed by atoms with E-state index in [9.17, 15) is 4.79 Å². The first kappa shape index (κ1) is 25.4. The first-order valence-electron chi connectivity index (χ1n) is 11.6. The molecule has 0 aliphatic carbocycles. The van der Waals surface area contributed by atoms with Crippen LogP contribution >= 0.6 is 0 Å². The molecular weight excluding hydrogens is 322 g/mol. The average molecular weight is 370 g/mol. The van der Waals surface area contributed by atoms with E-state index in [1.54, 1.807) is 0 Å². The van der Waals surface area contributed by atoms with Crippen molar-refractivity contribution in [1.29, 1.82) is 0 Å². The van der Waals surface area contributed by atoms with Gasteiger partial charge in [-0.15, -0.1) is 0 Å². The van der Waals surface area contributed by atoms with Crippen molar-refractivity contribution in [2.45, 2.75) is 117 Å². The molecule has 0 aliphatic heterocycles. The number of hydrogen-bond donors (Lipinski definition) is 0. The minimum Gasteiger partial charge on any atom is -0.466 e. The lowest BCUT2D eigenvalue weighted by molar-refractivity contribution is -0.143. The van der Waals surface area contributed by atoms with E-state index in [1.807, 2.05) is 0 Å². The number of carbonyl (C=O) groups excluding carboxylic acids is 1. The zero-order chi connectivity index (χ0) is 19.3. The molecule has 0 saturated carbocycles. The average Bonchev–Trinajstić information content (AvgIpc) is 2.65. The Hall–Kier alpha value is -0.570. The molecule has 0 aromatic heterocycles. The van der Waals surface area contributed by atoms with Gasteiger partial charge in [0.2, 0.25) is 0 Å². The minimum atomic E-state index is -0.00683. The van der Waals surface area contributed by atoms with Crippen LogP contribution in [-0.4, -0.2) is 37.1 Å². The molecule has 0 rings (SSSR count). The summed E-state index contributed by atoms with van der Waals surface area (Å²) in [6.45, 7) is 10.4. The van der Waals surface area contributed by atoms with Gasteiger partial charge in [-0.05, 0) is 25.9 Å². The standard InChI is InChI=1S/C23H47NO2/c1-4-7-8-9-10-11-12-13-14-15-16-17-18-20-23(25)26-22-19-21-24(5-2)6-3/h4-22H2,1-3H3. The molecule has 0 radical (unpaired) electrons. The van der Waals surface area contributed by atoms with E-state index in [1.165, 1.54) is 77.0 Å². The Bertz CT molecular complexity index is 290. The summed E-state index contributed by atoms with van der Waals surface area (Å²) in [5.74, 6) is -0.00683. The summed E-state index contributed by atoms with van der Waals surface area (Å²) < 4.78 is 5.32. The number of ether oxygens (including phenoxy) is 1. The summed E-state index contributed by atoms with van der Waals surface area (Å²) in [6, 6.07) is 0. The van der Waals surface area contributed by atoms with Crippen molar-refractivity contribution >= 4 is 5.97 Å². The van der Waals surface area contributed by atoms with Gasteiger partial charge < -0.3 is 9.64 Å². The van der Waals surface area contributed by atoms with Crippen LogP contribution < -0.4 is 0 Å². The Labute approximate surface area is 164 Å². The molecule has 0 spiro atoms. The van der Waals surface area contributed by atoms with E-state index in [2.05, 4.69) is 25.7 Å². The van der Waals surface area contributed by atoms with Crippen molar-refractivity contribution < 1.29 is 9.53 Å². The van der Waals surface area contributed by atoms with E-state index in [-0.39, 0.29) is 5.97 Å². The van der Waals surface area contributed by atoms with Crippen molar-refractivity contribution in [1.82, 2.24) is 4.90 Å². The van der Waals surface area contributed by atoms with Gasteiger partial charge in [-0.25, -0.2) is 0 Å². The van der Waals surface area contributed by atoms with Crippen LogP contribution in [0.4, 0.5) is 0 Å². The third-order valence-electron chi connectivity index (χ3n) is 5.26. The zero-order valence-corrected chi connectivity index (χ0v) is 18.2. The Morgan fingerprint density at radius 1 is 0.654 bits per heavy atom. The molecule has 0 saturated heterocycles. The summed E-state index contributed by atoms with van der Waals surface area (Å²) in [5, 5.41) is 0. The van der Waals surface area contributed by atoms with Gasteiger partial charge in [0.15, 0.2) is 0 Å². The summed E-state index contributed by atoms with van der Waals surface area (Å²) in [7, 11) is 0. The quantitative estimate of drug-likeness (QED) is 0.176. The highest BCUT2D eigenvalue weighted by atomic mass is 16.5. The van der Waals surface area contributed by atoms with Crippen molar-refractivity contribution in [2.75, 3.05) is 26.2 Å². The Morgan fingerprint density at radius 2 is 1.12 bits per heavy atom. The van der Waals surface area contributed by atoms with E-state index in [4.69, 9.17) is 4.74 Å². The summed E-state index contributed by atoms with van der Waals surface area (Å²) in [6.07, 6.45) is 18.9. The molecule has 0 fully saturated rings. The Balaban J connectivity index is 3.21. The van der Waals surface area contributed by atoms with Crippen LogP contribution in [0.15, 0.2) is 0 Å². The first-order valence-corrected chi connectivity index (χ1v) is 11.6. The second-order valence-corrected chi connectivity index (χ2v) is 7.59. The van der Waals surface area contributed by atoms with Gasteiger partial charge in [-0.1, -0.05) is 97.8 Å². The van der Waals surface area contributed by atoms with Crippen molar-refractivity contribution in [3.63, 3.8) is 0 Å². The summed E-state index contributed by atoms with van der Waals surface area (Å²) in [4.78, 5) is 14.1. The van der Waals surface area contributed by atoms with Crippen molar-refractivity contribution in [2.24, 2.45) is 0 Å².